The van der Waals surface area contributed by atoms with Gasteiger partial charge < -0.3 is 0 Å². The molecular weight excluding hydrogens is 220 g/mol. The molecule has 2 saturated carbocycles. The molecule has 4 unspecified atom stereocenters. The third-order valence-electron chi connectivity index (χ3n) is 5.34. The van der Waals surface area contributed by atoms with Crippen LogP contribution < -0.4 is 0 Å². The van der Waals surface area contributed by atoms with E-state index >= 15 is 0 Å². The van der Waals surface area contributed by atoms with E-state index in [-0.39, 0.29) is 0 Å². The first-order chi connectivity index (χ1) is 8.60. The SMILES string of the molecule is CCC1CCCC(C(=O)C2CC(C)CC(C)C2)C1. The molecule has 0 aromatic heterocycles. The van der Waals surface area contributed by atoms with Crippen molar-refractivity contribution in [1.82, 2.24) is 0 Å². The minimum Gasteiger partial charge on any atom is -0.299 e. The average molecular weight is 250 g/mol. The molecule has 1 nitrogen and oxygen atoms in total. The van der Waals surface area contributed by atoms with Crippen molar-refractivity contribution in [2.24, 2.45) is 29.6 Å². The Morgan fingerprint density at radius 3 is 2.22 bits per heavy atom. The van der Waals surface area contributed by atoms with Crippen LogP contribution in [0.3, 0.4) is 0 Å². The zero-order valence-electron chi connectivity index (χ0n) is 12.5. The van der Waals surface area contributed by atoms with E-state index in [2.05, 4.69) is 20.8 Å². The number of carbonyl (C=O) groups is 1. The van der Waals surface area contributed by atoms with Crippen molar-refractivity contribution >= 4 is 5.78 Å². The molecule has 104 valence electrons. The Balaban J connectivity index is 1.93. The van der Waals surface area contributed by atoms with Gasteiger partial charge in [0.1, 0.15) is 5.78 Å². The number of rotatable bonds is 3. The summed E-state index contributed by atoms with van der Waals surface area (Å²) in [7, 11) is 0. The quantitative estimate of drug-likeness (QED) is 0.700. The van der Waals surface area contributed by atoms with Gasteiger partial charge in [0, 0.05) is 11.8 Å². The highest BCUT2D eigenvalue weighted by molar-refractivity contribution is 5.83. The van der Waals surface area contributed by atoms with Crippen molar-refractivity contribution in [3.63, 3.8) is 0 Å². The first kappa shape index (κ1) is 14.1. The van der Waals surface area contributed by atoms with Crippen molar-refractivity contribution in [2.45, 2.75) is 72.1 Å². The van der Waals surface area contributed by atoms with E-state index in [4.69, 9.17) is 0 Å². The number of ketones is 1. The molecular formula is C17H30O. The third kappa shape index (κ3) is 3.36. The van der Waals surface area contributed by atoms with Crippen LogP contribution in [0.2, 0.25) is 0 Å². The van der Waals surface area contributed by atoms with Crippen LogP contribution in [0.1, 0.15) is 72.1 Å². The van der Waals surface area contributed by atoms with Crippen LogP contribution in [0.5, 0.6) is 0 Å². The van der Waals surface area contributed by atoms with Gasteiger partial charge in [-0.1, -0.05) is 40.0 Å². The van der Waals surface area contributed by atoms with Gasteiger partial charge >= 0.3 is 0 Å². The fourth-order valence-electron chi connectivity index (χ4n) is 4.43. The summed E-state index contributed by atoms with van der Waals surface area (Å²) in [5.41, 5.74) is 0. The lowest BCUT2D eigenvalue weighted by atomic mass is 9.69. The number of Topliss-reactive ketones (excluding diaryl/α,β-unsaturated/α-hetero) is 1. The van der Waals surface area contributed by atoms with E-state index in [1.54, 1.807) is 0 Å². The minimum absolute atomic E-state index is 0.393. The van der Waals surface area contributed by atoms with Gasteiger partial charge in [-0.05, 0) is 49.9 Å². The summed E-state index contributed by atoms with van der Waals surface area (Å²) >= 11 is 0. The van der Waals surface area contributed by atoms with Gasteiger partial charge in [0.2, 0.25) is 0 Å². The van der Waals surface area contributed by atoms with Crippen LogP contribution in [0.25, 0.3) is 0 Å². The molecule has 0 N–H and O–H groups in total. The van der Waals surface area contributed by atoms with Gasteiger partial charge in [0.25, 0.3) is 0 Å². The average Bonchev–Trinajstić information content (AvgIpc) is 2.37. The van der Waals surface area contributed by atoms with Gasteiger partial charge in [-0.3, -0.25) is 4.79 Å². The van der Waals surface area contributed by atoms with Crippen molar-refractivity contribution in [2.75, 3.05) is 0 Å². The summed E-state index contributed by atoms with van der Waals surface area (Å²) in [5, 5.41) is 0. The van der Waals surface area contributed by atoms with Crippen LogP contribution in [-0.4, -0.2) is 5.78 Å². The Hall–Kier alpha value is -0.330. The molecule has 18 heavy (non-hydrogen) atoms. The van der Waals surface area contributed by atoms with Crippen molar-refractivity contribution in [3.05, 3.63) is 0 Å². The Kier molecular flexibility index (Phi) is 4.86. The van der Waals surface area contributed by atoms with Gasteiger partial charge in [-0.15, -0.1) is 0 Å². The van der Waals surface area contributed by atoms with Crippen molar-refractivity contribution in [1.29, 1.82) is 0 Å². The minimum atomic E-state index is 0.393. The smallest absolute Gasteiger partial charge is 0.139 e. The molecule has 2 aliphatic carbocycles. The molecule has 0 saturated heterocycles. The Morgan fingerprint density at radius 2 is 1.61 bits per heavy atom. The maximum atomic E-state index is 12.7. The van der Waals surface area contributed by atoms with Gasteiger partial charge in [-0.25, -0.2) is 0 Å². The fourth-order valence-corrected chi connectivity index (χ4v) is 4.43. The van der Waals surface area contributed by atoms with Crippen LogP contribution in [-0.2, 0) is 4.79 Å². The van der Waals surface area contributed by atoms with Crippen LogP contribution in [0.15, 0.2) is 0 Å². The highest BCUT2D eigenvalue weighted by Gasteiger charge is 2.34. The van der Waals surface area contributed by atoms with E-state index in [0.29, 0.717) is 17.6 Å². The normalized spacial score (nSPS) is 41.6. The number of carbonyl (C=O) groups excluding carboxylic acids is 1. The maximum Gasteiger partial charge on any atom is 0.139 e. The summed E-state index contributed by atoms with van der Waals surface area (Å²) in [6.45, 7) is 6.93. The standard InChI is InChI=1S/C17H30O/c1-4-14-6-5-7-15(11-14)17(18)16-9-12(2)8-13(3)10-16/h12-16H,4-11H2,1-3H3. The van der Waals surface area contributed by atoms with E-state index < -0.39 is 0 Å². The largest absolute Gasteiger partial charge is 0.299 e. The lowest BCUT2D eigenvalue weighted by molar-refractivity contribution is -0.130. The molecule has 0 radical (unpaired) electrons. The van der Waals surface area contributed by atoms with Crippen molar-refractivity contribution < 1.29 is 4.79 Å². The Labute approximate surface area is 113 Å². The third-order valence-corrected chi connectivity index (χ3v) is 5.34. The topological polar surface area (TPSA) is 17.1 Å². The lowest BCUT2D eigenvalue weighted by Crippen LogP contribution is -2.33. The van der Waals surface area contributed by atoms with E-state index in [9.17, 15) is 4.79 Å². The second-order valence-corrected chi connectivity index (χ2v) is 7.15. The molecule has 0 spiro atoms. The molecule has 0 bridgehead atoms. The number of hydrogen-bond acceptors (Lipinski definition) is 1. The first-order valence-corrected chi connectivity index (χ1v) is 8.13. The van der Waals surface area contributed by atoms with E-state index in [0.717, 1.165) is 30.6 Å². The van der Waals surface area contributed by atoms with Crippen LogP contribution in [0.4, 0.5) is 0 Å². The van der Waals surface area contributed by atoms with E-state index in [1.807, 2.05) is 0 Å². The molecule has 2 fully saturated rings. The molecule has 0 amide bonds. The molecule has 1 heteroatoms. The molecule has 0 aromatic rings. The zero-order chi connectivity index (χ0) is 13.1. The van der Waals surface area contributed by atoms with Gasteiger partial charge in [-0.2, -0.15) is 0 Å². The van der Waals surface area contributed by atoms with Crippen molar-refractivity contribution in [3.8, 4) is 0 Å². The Bertz CT molecular complexity index is 273. The molecule has 0 aromatic carbocycles. The molecule has 0 aliphatic heterocycles. The highest BCUT2D eigenvalue weighted by atomic mass is 16.1. The molecule has 2 aliphatic rings. The van der Waals surface area contributed by atoms with Crippen LogP contribution in [0, 0.1) is 29.6 Å². The fraction of sp³-hybridized carbons (Fsp3) is 0.941. The monoisotopic (exact) mass is 250 g/mol. The summed E-state index contributed by atoms with van der Waals surface area (Å²) in [4.78, 5) is 12.7. The lowest BCUT2D eigenvalue weighted by Gasteiger charge is -2.35. The summed E-state index contributed by atoms with van der Waals surface area (Å²) in [5.74, 6) is 3.77. The summed E-state index contributed by atoms with van der Waals surface area (Å²) < 4.78 is 0. The second-order valence-electron chi connectivity index (χ2n) is 7.15. The summed E-state index contributed by atoms with van der Waals surface area (Å²) in [6, 6.07) is 0. The number of hydrogen-bond donors (Lipinski definition) is 0. The Morgan fingerprint density at radius 1 is 0.944 bits per heavy atom. The molecule has 2 rings (SSSR count). The predicted molar refractivity (Wildman–Crippen MR) is 76.4 cm³/mol. The first-order valence-electron chi connectivity index (χ1n) is 8.13. The van der Waals surface area contributed by atoms with Crippen LogP contribution >= 0.6 is 0 Å². The van der Waals surface area contributed by atoms with Gasteiger partial charge in [0.15, 0.2) is 0 Å². The highest BCUT2D eigenvalue weighted by Crippen LogP contribution is 2.39. The second kappa shape index (κ2) is 6.21. The van der Waals surface area contributed by atoms with Gasteiger partial charge in [0.05, 0.1) is 0 Å². The maximum absolute atomic E-state index is 12.7. The molecule has 0 heterocycles. The zero-order valence-corrected chi connectivity index (χ0v) is 12.5. The van der Waals surface area contributed by atoms with E-state index in [1.165, 1.54) is 38.5 Å². The summed E-state index contributed by atoms with van der Waals surface area (Å²) in [6.07, 6.45) is 9.92. The predicted octanol–water partition coefficient (Wildman–Crippen LogP) is 4.84. The molecule has 4 atom stereocenters.